The molecule has 0 aliphatic carbocycles. The number of ether oxygens (including phenoxy) is 1. The molecular formula is C17H18N6O2. The molecule has 0 radical (unpaired) electrons. The van der Waals surface area contributed by atoms with Crippen LogP contribution in [0.4, 0.5) is 5.82 Å². The van der Waals surface area contributed by atoms with E-state index in [1.807, 2.05) is 30.5 Å². The van der Waals surface area contributed by atoms with E-state index in [9.17, 15) is 0 Å². The molecular weight excluding hydrogens is 320 g/mol. The van der Waals surface area contributed by atoms with E-state index in [0.29, 0.717) is 25.6 Å². The molecule has 3 aromatic heterocycles. The Morgan fingerprint density at radius 3 is 2.92 bits per heavy atom. The average molecular weight is 338 g/mol. The summed E-state index contributed by atoms with van der Waals surface area (Å²) in [6, 6.07) is 7.86. The first-order valence-electron chi connectivity index (χ1n) is 8.01. The Morgan fingerprint density at radius 1 is 1.20 bits per heavy atom. The van der Waals surface area contributed by atoms with E-state index in [4.69, 9.17) is 15.6 Å². The number of anilines is 1. The normalized spacial score (nSPS) is 11.6. The number of H-pyrrole nitrogens is 1. The first kappa shape index (κ1) is 15.6. The summed E-state index contributed by atoms with van der Waals surface area (Å²) in [5.41, 5.74) is 9.56. The van der Waals surface area contributed by atoms with Crippen LogP contribution in [0.2, 0.25) is 0 Å². The largest absolute Gasteiger partial charge is 0.394 e. The molecule has 0 atom stereocenters. The summed E-state index contributed by atoms with van der Waals surface area (Å²) in [7, 11) is 0. The monoisotopic (exact) mass is 338 g/mol. The van der Waals surface area contributed by atoms with Gasteiger partial charge in [-0.2, -0.15) is 10.2 Å². The lowest BCUT2D eigenvalue weighted by Crippen LogP contribution is -2.08. The summed E-state index contributed by atoms with van der Waals surface area (Å²) < 4.78 is 7.08. The van der Waals surface area contributed by atoms with E-state index in [1.54, 1.807) is 10.9 Å². The maximum Gasteiger partial charge on any atom is 0.135 e. The number of nitrogen functional groups attached to an aromatic ring is 1. The Morgan fingerprint density at radius 2 is 2.12 bits per heavy atom. The number of aliphatic hydroxyl groups excluding tert-OH is 1. The molecule has 0 bridgehead atoms. The van der Waals surface area contributed by atoms with Crippen molar-refractivity contribution in [2.75, 3.05) is 25.6 Å². The summed E-state index contributed by atoms with van der Waals surface area (Å²) in [4.78, 5) is 4.52. The van der Waals surface area contributed by atoms with Crippen LogP contribution >= 0.6 is 0 Å². The van der Waals surface area contributed by atoms with Gasteiger partial charge in [-0.3, -0.25) is 9.78 Å². The minimum absolute atomic E-state index is 0.0148. The van der Waals surface area contributed by atoms with Gasteiger partial charge < -0.3 is 15.6 Å². The van der Waals surface area contributed by atoms with Crippen LogP contribution < -0.4 is 5.73 Å². The highest BCUT2D eigenvalue weighted by atomic mass is 16.5. The summed E-state index contributed by atoms with van der Waals surface area (Å²) >= 11 is 0. The van der Waals surface area contributed by atoms with E-state index in [0.717, 1.165) is 33.1 Å². The molecule has 128 valence electrons. The Labute approximate surface area is 143 Å². The molecule has 1 aromatic carbocycles. The quantitative estimate of drug-likeness (QED) is 0.460. The van der Waals surface area contributed by atoms with Crippen LogP contribution in [-0.4, -0.2) is 49.9 Å². The van der Waals surface area contributed by atoms with E-state index in [2.05, 4.69) is 20.3 Å². The predicted octanol–water partition coefficient (Wildman–Crippen LogP) is 1.57. The molecule has 0 unspecified atom stereocenters. The first-order valence-corrected chi connectivity index (χ1v) is 8.01. The highest BCUT2D eigenvalue weighted by Gasteiger charge is 2.12. The number of aromatic amines is 1. The van der Waals surface area contributed by atoms with Gasteiger partial charge in [-0.15, -0.1) is 0 Å². The fourth-order valence-corrected chi connectivity index (χ4v) is 2.84. The lowest BCUT2D eigenvalue weighted by molar-refractivity contribution is 0.0855. The number of hydrogen-bond acceptors (Lipinski definition) is 6. The number of nitrogens with one attached hydrogen (secondary N) is 1. The molecule has 4 aromatic rings. The van der Waals surface area contributed by atoms with Crippen LogP contribution in [0.3, 0.4) is 0 Å². The fourth-order valence-electron chi connectivity index (χ4n) is 2.84. The molecule has 8 nitrogen and oxygen atoms in total. The van der Waals surface area contributed by atoms with Gasteiger partial charge in [0.2, 0.25) is 0 Å². The van der Waals surface area contributed by atoms with Gasteiger partial charge in [-0.1, -0.05) is 6.07 Å². The van der Waals surface area contributed by atoms with Gasteiger partial charge in [0.1, 0.15) is 11.3 Å². The van der Waals surface area contributed by atoms with Crippen molar-refractivity contribution in [2.24, 2.45) is 0 Å². The fraction of sp³-hybridized carbons (Fsp3) is 0.235. The second-order valence-corrected chi connectivity index (χ2v) is 5.68. The van der Waals surface area contributed by atoms with Crippen LogP contribution in [0.25, 0.3) is 33.1 Å². The van der Waals surface area contributed by atoms with E-state index < -0.39 is 0 Å². The molecule has 0 fully saturated rings. The van der Waals surface area contributed by atoms with Gasteiger partial charge in [-0.25, -0.2) is 4.98 Å². The van der Waals surface area contributed by atoms with Crippen LogP contribution in [0, 0.1) is 0 Å². The molecule has 0 aliphatic rings. The van der Waals surface area contributed by atoms with Crippen molar-refractivity contribution in [1.29, 1.82) is 0 Å². The van der Waals surface area contributed by atoms with Gasteiger partial charge in [0, 0.05) is 23.3 Å². The number of nitrogens with two attached hydrogens (primary N) is 1. The molecule has 4 rings (SSSR count). The lowest BCUT2D eigenvalue weighted by Gasteiger charge is -2.03. The van der Waals surface area contributed by atoms with Crippen molar-refractivity contribution in [2.45, 2.75) is 6.54 Å². The van der Waals surface area contributed by atoms with Crippen LogP contribution in [0.15, 0.2) is 36.7 Å². The number of benzene rings is 1. The van der Waals surface area contributed by atoms with Gasteiger partial charge in [-0.05, 0) is 18.2 Å². The van der Waals surface area contributed by atoms with Crippen molar-refractivity contribution in [3.8, 4) is 11.3 Å². The molecule has 0 aliphatic heterocycles. The van der Waals surface area contributed by atoms with Crippen molar-refractivity contribution >= 4 is 27.6 Å². The molecule has 0 amide bonds. The van der Waals surface area contributed by atoms with Crippen molar-refractivity contribution < 1.29 is 9.84 Å². The Bertz CT molecular complexity index is 1010. The van der Waals surface area contributed by atoms with E-state index in [-0.39, 0.29) is 6.61 Å². The molecule has 25 heavy (non-hydrogen) atoms. The SMILES string of the molecule is Nc1nc2cc(-c3cc[nH]n3)ccc2c2nn(CCOCCO)cc12. The number of fused-ring (bicyclic) bond motifs is 3. The standard InChI is InChI=1S/C17H18N6O2/c18-17-13-10-23(5-7-25-8-6-24)22-16(13)12-2-1-11(9-15(12)20-17)14-3-4-19-21-14/h1-4,9-10,24H,5-8H2,(H2,18,20)(H,19,21). The Hall–Kier alpha value is -2.97. The van der Waals surface area contributed by atoms with Crippen molar-refractivity contribution in [3.05, 3.63) is 36.7 Å². The molecule has 4 N–H and O–H groups in total. The van der Waals surface area contributed by atoms with Gasteiger partial charge in [0.05, 0.1) is 43.0 Å². The second kappa shape index (κ2) is 6.50. The van der Waals surface area contributed by atoms with Crippen LogP contribution in [0.5, 0.6) is 0 Å². The maximum absolute atomic E-state index is 8.74. The van der Waals surface area contributed by atoms with E-state index >= 15 is 0 Å². The summed E-state index contributed by atoms with van der Waals surface area (Å²) in [5, 5.41) is 22.1. The highest BCUT2D eigenvalue weighted by molar-refractivity contribution is 6.08. The van der Waals surface area contributed by atoms with Crippen LogP contribution in [-0.2, 0) is 11.3 Å². The Kier molecular flexibility index (Phi) is 4.04. The maximum atomic E-state index is 8.74. The summed E-state index contributed by atoms with van der Waals surface area (Å²) in [6.45, 7) is 1.40. The van der Waals surface area contributed by atoms with E-state index in [1.165, 1.54) is 0 Å². The first-order chi connectivity index (χ1) is 12.3. The number of aromatic nitrogens is 5. The number of nitrogens with zero attached hydrogens (tertiary/aromatic N) is 4. The number of pyridine rings is 1. The lowest BCUT2D eigenvalue weighted by atomic mass is 10.1. The molecule has 8 heteroatoms. The zero-order valence-electron chi connectivity index (χ0n) is 13.5. The average Bonchev–Trinajstić information content (AvgIpc) is 3.28. The van der Waals surface area contributed by atoms with Crippen molar-refractivity contribution in [1.82, 2.24) is 25.0 Å². The third kappa shape index (κ3) is 2.92. The Balaban J connectivity index is 1.73. The molecule has 0 spiro atoms. The van der Waals surface area contributed by atoms with Crippen molar-refractivity contribution in [3.63, 3.8) is 0 Å². The van der Waals surface area contributed by atoms with Gasteiger partial charge >= 0.3 is 0 Å². The van der Waals surface area contributed by atoms with Gasteiger partial charge in [0.25, 0.3) is 0 Å². The third-order valence-corrected chi connectivity index (χ3v) is 4.03. The third-order valence-electron chi connectivity index (χ3n) is 4.03. The number of hydrogen-bond donors (Lipinski definition) is 3. The second-order valence-electron chi connectivity index (χ2n) is 5.68. The summed E-state index contributed by atoms with van der Waals surface area (Å²) in [5.74, 6) is 0.448. The van der Waals surface area contributed by atoms with Crippen LogP contribution in [0.1, 0.15) is 0 Å². The zero-order valence-corrected chi connectivity index (χ0v) is 13.5. The zero-order chi connectivity index (χ0) is 17.2. The molecule has 3 heterocycles. The topological polar surface area (TPSA) is 115 Å². The number of rotatable bonds is 6. The number of aliphatic hydroxyl groups is 1. The minimum atomic E-state index is 0.0148. The molecule has 0 saturated carbocycles. The smallest absolute Gasteiger partial charge is 0.135 e. The highest BCUT2D eigenvalue weighted by Crippen LogP contribution is 2.29. The summed E-state index contributed by atoms with van der Waals surface area (Å²) in [6.07, 6.45) is 3.66. The molecule has 0 saturated heterocycles. The predicted molar refractivity (Wildman–Crippen MR) is 94.9 cm³/mol. The minimum Gasteiger partial charge on any atom is -0.394 e. The van der Waals surface area contributed by atoms with Gasteiger partial charge in [0.15, 0.2) is 0 Å².